The molecule has 0 aromatic carbocycles. The van der Waals surface area contributed by atoms with Gasteiger partial charge in [0.2, 0.25) is 0 Å². The molecule has 1 aromatic rings. The van der Waals surface area contributed by atoms with Gasteiger partial charge < -0.3 is 5.73 Å². The van der Waals surface area contributed by atoms with E-state index in [1.54, 1.807) is 0 Å². The summed E-state index contributed by atoms with van der Waals surface area (Å²) in [7, 11) is 0. The SMILES string of the molecule is C=C(/C=C(\C=C/C)c1ccc(C)s1)CCC.CCCN.OO. The van der Waals surface area contributed by atoms with Crippen LogP contribution in [0.4, 0.5) is 0 Å². The molecule has 0 saturated carbocycles. The maximum Gasteiger partial charge on any atom is 0.0345 e. The van der Waals surface area contributed by atoms with E-state index >= 15 is 0 Å². The van der Waals surface area contributed by atoms with E-state index < -0.39 is 0 Å². The molecule has 1 heterocycles. The Kier molecular flexibility index (Phi) is 17.0. The van der Waals surface area contributed by atoms with Crippen LogP contribution in [0.5, 0.6) is 0 Å². The van der Waals surface area contributed by atoms with Crippen LogP contribution in [0.3, 0.4) is 0 Å². The van der Waals surface area contributed by atoms with Gasteiger partial charge in [-0.2, -0.15) is 0 Å². The predicted octanol–water partition coefficient (Wildman–Crippen LogP) is 5.74. The van der Waals surface area contributed by atoms with Crippen LogP contribution < -0.4 is 5.73 Å². The Balaban J connectivity index is 0. The van der Waals surface area contributed by atoms with Crippen molar-refractivity contribution < 1.29 is 10.5 Å². The predicted molar refractivity (Wildman–Crippen MR) is 100 cm³/mol. The molecular formula is C18H31NO2S. The van der Waals surface area contributed by atoms with Crippen molar-refractivity contribution in [2.24, 2.45) is 5.73 Å². The fraction of sp³-hybridized carbons (Fsp3) is 0.444. The lowest BCUT2D eigenvalue weighted by Gasteiger charge is -2.01. The molecule has 1 rings (SSSR count). The Labute approximate surface area is 139 Å². The van der Waals surface area contributed by atoms with E-state index in [1.165, 1.54) is 20.9 Å². The zero-order valence-corrected chi connectivity index (χ0v) is 15.1. The first kappa shape index (κ1) is 23.1. The lowest BCUT2D eigenvalue weighted by molar-refractivity contribution is -0.176. The Bertz CT molecular complexity index is 446. The van der Waals surface area contributed by atoms with Crippen molar-refractivity contribution in [3.8, 4) is 0 Å². The topological polar surface area (TPSA) is 66.5 Å². The van der Waals surface area contributed by atoms with Crippen LogP contribution in [0.2, 0.25) is 0 Å². The molecular weight excluding hydrogens is 294 g/mol. The van der Waals surface area contributed by atoms with Gasteiger partial charge in [0.05, 0.1) is 0 Å². The summed E-state index contributed by atoms with van der Waals surface area (Å²) in [5.41, 5.74) is 7.51. The van der Waals surface area contributed by atoms with Crippen molar-refractivity contribution >= 4 is 16.9 Å². The van der Waals surface area contributed by atoms with E-state index in [0.29, 0.717) is 0 Å². The molecule has 126 valence electrons. The summed E-state index contributed by atoms with van der Waals surface area (Å²) in [4.78, 5) is 2.68. The summed E-state index contributed by atoms with van der Waals surface area (Å²) < 4.78 is 0. The number of allylic oxidation sites excluding steroid dienone is 5. The first-order valence-corrected chi connectivity index (χ1v) is 8.39. The molecule has 0 radical (unpaired) electrons. The fourth-order valence-electron chi connectivity index (χ4n) is 1.58. The fourth-order valence-corrected chi connectivity index (χ4v) is 2.45. The van der Waals surface area contributed by atoms with Crippen molar-refractivity contribution in [1.29, 1.82) is 0 Å². The van der Waals surface area contributed by atoms with Gasteiger partial charge in [-0.15, -0.1) is 11.3 Å². The number of rotatable bonds is 6. The minimum Gasteiger partial charge on any atom is -0.330 e. The molecule has 0 aliphatic carbocycles. The van der Waals surface area contributed by atoms with Gasteiger partial charge in [0.1, 0.15) is 0 Å². The van der Waals surface area contributed by atoms with Gasteiger partial charge in [0.15, 0.2) is 0 Å². The van der Waals surface area contributed by atoms with Crippen molar-refractivity contribution in [3.63, 3.8) is 0 Å². The van der Waals surface area contributed by atoms with Gasteiger partial charge >= 0.3 is 0 Å². The Hall–Kier alpha value is -1.20. The lowest BCUT2D eigenvalue weighted by Crippen LogP contribution is -1.93. The molecule has 4 N–H and O–H groups in total. The second-order valence-corrected chi connectivity index (χ2v) is 5.99. The summed E-state index contributed by atoms with van der Waals surface area (Å²) in [6.07, 6.45) is 9.77. The minimum absolute atomic E-state index is 0.819. The number of thiophene rings is 1. The number of aryl methyl sites for hydroxylation is 1. The van der Waals surface area contributed by atoms with Crippen LogP contribution in [0, 0.1) is 6.92 Å². The minimum atomic E-state index is 0.819. The van der Waals surface area contributed by atoms with Crippen LogP contribution in [0.15, 0.2) is 42.5 Å². The molecule has 1 aromatic heterocycles. The molecule has 4 heteroatoms. The average molecular weight is 326 g/mol. The molecule has 0 bridgehead atoms. The zero-order valence-electron chi connectivity index (χ0n) is 14.3. The standard InChI is InChI=1S/C15H20S.C3H9N.H2O2/c1-5-7-12(3)11-14(8-6-2)15-10-9-13(4)16-15;1-2-3-4;1-2/h6,8-11H,3,5,7H2,1-2,4H3;2-4H2,1H3;1-2H/b8-6-,14-11+;;. The highest BCUT2D eigenvalue weighted by atomic mass is 32.1. The molecule has 0 spiro atoms. The van der Waals surface area contributed by atoms with Crippen LogP contribution in [-0.2, 0) is 0 Å². The molecule has 0 unspecified atom stereocenters. The summed E-state index contributed by atoms with van der Waals surface area (Å²) in [6.45, 7) is 13.3. The Morgan fingerprint density at radius 3 is 2.23 bits per heavy atom. The van der Waals surface area contributed by atoms with Gasteiger partial charge in [-0.05, 0) is 50.9 Å². The lowest BCUT2D eigenvalue weighted by atomic mass is 10.1. The summed E-state index contributed by atoms with van der Waals surface area (Å²) >= 11 is 1.84. The third-order valence-electron chi connectivity index (χ3n) is 2.59. The molecule has 3 nitrogen and oxygen atoms in total. The summed E-state index contributed by atoms with van der Waals surface area (Å²) in [5.74, 6) is 0. The van der Waals surface area contributed by atoms with Crippen molar-refractivity contribution in [1.82, 2.24) is 0 Å². The summed E-state index contributed by atoms with van der Waals surface area (Å²) in [6, 6.07) is 4.35. The van der Waals surface area contributed by atoms with Crippen molar-refractivity contribution in [2.45, 2.75) is 47.0 Å². The van der Waals surface area contributed by atoms with E-state index in [-0.39, 0.29) is 0 Å². The highest BCUT2D eigenvalue weighted by molar-refractivity contribution is 7.13. The van der Waals surface area contributed by atoms with Gasteiger partial charge in [0.25, 0.3) is 0 Å². The summed E-state index contributed by atoms with van der Waals surface area (Å²) in [5, 5.41) is 12.0. The molecule has 22 heavy (non-hydrogen) atoms. The van der Waals surface area contributed by atoms with Gasteiger partial charge in [-0.25, -0.2) is 0 Å². The molecule has 0 fully saturated rings. The Morgan fingerprint density at radius 2 is 1.86 bits per heavy atom. The largest absolute Gasteiger partial charge is 0.330 e. The highest BCUT2D eigenvalue weighted by Gasteiger charge is 2.01. The highest BCUT2D eigenvalue weighted by Crippen LogP contribution is 2.26. The van der Waals surface area contributed by atoms with Crippen molar-refractivity contribution in [2.75, 3.05) is 6.54 Å². The average Bonchev–Trinajstić information content (AvgIpc) is 2.96. The number of nitrogens with two attached hydrogens (primary N) is 1. The first-order valence-electron chi connectivity index (χ1n) is 7.58. The van der Waals surface area contributed by atoms with E-state index in [1.807, 2.05) is 11.3 Å². The molecule has 0 amide bonds. The normalized spacial score (nSPS) is 10.6. The van der Waals surface area contributed by atoms with Gasteiger partial charge in [-0.3, -0.25) is 10.5 Å². The monoisotopic (exact) mass is 325 g/mol. The Morgan fingerprint density at radius 1 is 1.27 bits per heavy atom. The molecule has 0 atom stereocenters. The van der Waals surface area contributed by atoms with Gasteiger partial charge in [0, 0.05) is 9.75 Å². The molecule has 0 saturated heterocycles. The second kappa shape index (κ2) is 16.2. The van der Waals surface area contributed by atoms with E-state index in [0.717, 1.165) is 25.8 Å². The quantitative estimate of drug-likeness (QED) is 0.354. The zero-order chi connectivity index (χ0) is 17.4. The van der Waals surface area contributed by atoms with Crippen LogP contribution in [0.25, 0.3) is 5.57 Å². The molecule has 0 aliphatic heterocycles. The second-order valence-electron chi connectivity index (χ2n) is 4.71. The van der Waals surface area contributed by atoms with Crippen molar-refractivity contribution in [3.05, 3.63) is 52.3 Å². The molecule has 0 aliphatic rings. The number of hydrogen-bond donors (Lipinski definition) is 3. The smallest absolute Gasteiger partial charge is 0.0345 e. The van der Waals surface area contributed by atoms with Crippen LogP contribution >= 0.6 is 11.3 Å². The van der Waals surface area contributed by atoms with E-state index in [4.69, 9.17) is 16.2 Å². The number of hydrogen-bond acceptors (Lipinski definition) is 4. The third kappa shape index (κ3) is 11.5. The van der Waals surface area contributed by atoms with E-state index in [9.17, 15) is 0 Å². The third-order valence-corrected chi connectivity index (χ3v) is 3.64. The van der Waals surface area contributed by atoms with Crippen LogP contribution in [0.1, 0.15) is 49.8 Å². The van der Waals surface area contributed by atoms with Gasteiger partial charge in [-0.1, -0.05) is 50.6 Å². The van der Waals surface area contributed by atoms with E-state index in [2.05, 4.69) is 64.6 Å². The first-order chi connectivity index (χ1) is 10.6. The maximum absolute atomic E-state index is 6.00. The van der Waals surface area contributed by atoms with Crippen LogP contribution in [-0.4, -0.2) is 17.1 Å². The maximum atomic E-state index is 6.00.